The third-order valence-corrected chi connectivity index (χ3v) is 2.37. The summed E-state index contributed by atoms with van der Waals surface area (Å²) >= 11 is 4.78. The summed E-state index contributed by atoms with van der Waals surface area (Å²) in [5, 5.41) is 0. The topological polar surface area (TPSA) is 32.5 Å². The number of hydrogen-bond acceptors (Lipinski definition) is 3. The van der Waals surface area contributed by atoms with Crippen molar-refractivity contribution in [1.82, 2.24) is 9.80 Å². The van der Waals surface area contributed by atoms with Crippen LogP contribution in [0.15, 0.2) is 0 Å². The Morgan fingerprint density at radius 1 is 1.21 bits per heavy atom. The number of halogens is 2. The van der Waals surface area contributed by atoms with E-state index in [4.69, 9.17) is 18.0 Å². The lowest BCUT2D eigenvalue weighted by Gasteiger charge is -2.34. The molecule has 0 unspecified atom stereocenters. The number of rotatable bonds is 4. The van der Waals surface area contributed by atoms with Gasteiger partial charge in [-0.2, -0.15) is 0 Å². The molecule has 0 aromatic rings. The highest BCUT2D eigenvalue weighted by Gasteiger charge is 2.19. The zero-order valence-corrected chi connectivity index (χ0v) is 8.77. The second kappa shape index (κ2) is 5.53. The minimum atomic E-state index is -2.24. The molecule has 82 valence electrons. The van der Waals surface area contributed by atoms with Gasteiger partial charge >= 0.3 is 0 Å². The maximum Gasteiger partial charge on any atom is 0.251 e. The van der Waals surface area contributed by atoms with E-state index in [1.165, 1.54) is 0 Å². The van der Waals surface area contributed by atoms with Crippen LogP contribution in [0.25, 0.3) is 0 Å². The van der Waals surface area contributed by atoms with E-state index >= 15 is 0 Å². The highest BCUT2D eigenvalue weighted by atomic mass is 32.1. The molecule has 0 amide bonds. The Morgan fingerprint density at radius 2 is 1.71 bits per heavy atom. The zero-order valence-electron chi connectivity index (χ0n) is 7.96. The molecule has 0 spiro atoms. The van der Waals surface area contributed by atoms with Crippen LogP contribution in [0, 0.1) is 0 Å². The molecule has 1 saturated heterocycles. The van der Waals surface area contributed by atoms with E-state index in [-0.39, 0.29) is 6.54 Å². The number of nitrogens with two attached hydrogens (primary N) is 1. The summed E-state index contributed by atoms with van der Waals surface area (Å²) in [6.45, 7) is 3.35. The summed E-state index contributed by atoms with van der Waals surface area (Å²) in [7, 11) is 0. The lowest BCUT2D eigenvalue weighted by Crippen LogP contribution is -2.49. The van der Waals surface area contributed by atoms with Crippen molar-refractivity contribution in [3.8, 4) is 0 Å². The van der Waals surface area contributed by atoms with Crippen LogP contribution in [0.1, 0.15) is 0 Å². The van der Waals surface area contributed by atoms with E-state index in [0.29, 0.717) is 24.6 Å². The van der Waals surface area contributed by atoms with Gasteiger partial charge in [0, 0.05) is 32.7 Å². The fourth-order valence-electron chi connectivity index (χ4n) is 1.55. The Labute approximate surface area is 87.8 Å². The number of thiocarbonyl (C=S) groups is 1. The average Bonchev–Trinajstić information content (AvgIpc) is 2.06. The standard InChI is InChI=1S/C8H15F2N3S/c9-7(10)5-12-1-3-13(4-2-12)6-8(11)14/h7H,1-6H2,(H2,11,14). The SMILES string of the molecule is NC(=S)CN1CCN(CC(F)F)CC1. The van der Waals surface area contributed by atoms with E-state index in [9.17, 15) is 8.78 Å². The summed E-state index contributed by atoms with van der Waals surface area (Å²) in [5.74, 6) is 0. The summed E-state index contributed by atoms with van der Waals surface area (Å²) in [5.41, 5.74) is 5.39. The van der Waals surface area contributed by atoms with Crippen LogP contribution in [-0.2, 0) is 0 Å². The summed E-state index contributed by atoms with van der Waals surface area (Å²) < 4.78 is 24.1. The second-order valence-electron chi connectivity index (χ2n) is 3.43. The molecule has 1 fully saturated rings. The Hall–Kier alpha value is -0.330. The Kier molecular flexibility index (Phi) is 4.64. The Morgan fingerprint density at radius 3 is 2.14 bits per heavy atom. The minimum absolute atomic E-state index is 0.124. The third-order valence-electron chi connectivity index (χ3n) is 2.24. The van der Waals surface area contributed by atoms with Gasteiger partial charge in [-0.25, -0.2) is 8.78 Å². The van der Waals surface area contributed by atoms with Crippen molar-refractivity contribution in [2.45, 2.75) is 6.43 Å². The highest BCUT2D eigenvalue weighted by molar-refractivity contribution is 7.80. The molecule has 1 heterocycles. The van der Waals surface area contributed by atoms with E-state index < -0.39 is 6.43 Å². The second-order valence-corrected chi connectivity index (χ2v) is 3.96. The molecule has 1 aliphatic rings. The average molecular weight is 223 g/mol. The lowest BCUT2D eigenvalue weighted by atomic mass is 10.3. The van der Waals surface area contributed by atoms with Crippen LogP contribution < -0.4 is 5.73 Å². The maximum atomic E-state index is 12.0. The third kappa shape index (κ3) is 4.26. The van der Waals surface area contributed by atoms with E-state index in [0.717, 1.165) is 13.1 Å². The molecule has 6 heteroatoms. The fourth-order valence-corrected chi connectivity index (χ4v) is 1.73. The van der Waals surface area contributed by atoms with Gasteiger partial charge in [0.1, 0.15) is 0 Å². The van der Waals surface area contributed by atoms with Gasteiger partial charge in [0.2, 0.25) is 0 Å². The molecule has 14 heavy (non-hydrogen) atoms. The summed E-state index contributed by atoms with van der Waals surface area (Å²) in [6, 6.07) is 0. The number of nitrogens with zero attached hydrogens (tertiary/aromatic N) is 2. The smallest absolute Gasteiger partial charge is 0.251 e. The molecule has 0 aliphatic carbocycles. The van der Waals surface area contributed by atoms with Crippen LogP contribution in [0.2, 0.25) is 0 Å². The van der Waals surface area contributed by atoms with Gasteiger partial charge in [0.15, 0.2) is 0 Å². The molecule has 0 bridgehead atoms. The largest absolute Gasteiger partial charge is 0.392 e. The molecule has 0 aromatic carbocycles. The predicted molar refractivity (Wildman–Crippen MR) is 55.7 cm³/mol. The predicted octanol–water partition coefficient (Wildman–Crippen LogP) is 0.155. The van der Waals surface area contributed by atoms with Crippen molar-refractivity contribution in [3.63, 3.8) is 0 Å². The molecule has 3 nitrogen and oxygen atoms in total. The van der Waals surface area contributed by atoms with Crippen molar-refractivity contribution in [2.24, 2.45) is 5.73 Å². The van der Waals surface area contributed by atoms with Gasteiger partial charge in [0.25, 0.3) is 6.43 Å². The van der Waals surface area contributed by atoms with Crippen molar-refractivity contribution in [2.75, 3.05) is 39.3 Å². The fraction of sp³-hybridized carbons (Fsp3) is 0.875. The first-order valence-electron chi connectivity index (χ1n) is 4.59. The monoisotopic (exact) mass is 223 g/mol. The summed E-state index contributed by atoms with van der Waals surface area (Å²) in [4.78, 5) is 4.32. The van der Waals surface area contributed by atoms with Gasteiger partial charge in [-0.05, 0) is 0 Å². The van der Waals surface area contributed by atoms with E-state index in [1.807, 2.05) is 0 Å². The minimum Gasteiger partial charge on any atom is -0.392 e. The van der Waals surface area contributed by atoms with Crippen LogP contribution in [-0.4, -0.2) is 60.5 Å². The first kappa shape index (κ1) is 11.7. The zero-order chi connectivity index (χ0) is 10.6. The van der Waals surface area contributed by atoms with E-state index in [2.05, 4.69) is 4.90 Å². The number of piperazine rings is 1. The van der Waals surface area contributed by atoms with Gasteiger partial charge in [-0.15, -0.1) is 0 Å². The Balaban J connectivity index is 2.21. The molecule has 2 N–H and O–H groups in total. The van der Waals surface area contributed by atoms with E-state index in [1.54, 1.807) is 4.90 Å². The molecular weight excluding hydrogens is 208 g/mol. The van der Waals surface area contributed by atoms with Gasteiger partial charge in [-0.3, -0.25) is 9.80 Å². The van der Waals surface area contributed by atoms with Crippen molar-refractivity contribution in [1.29, 1.82) is 0 Å². The molecule has 1 rings (SSSR count). The molecule has 1 aliphatic heterocycles. The first-order valence-corrected chi connectivity index (χ1v) is 5.00. The number of alkyl halides is 2. The van der Waals surface area contributed by atoms with Crippen LogP contribution in [0.5, 0.6) is 0 Å². The molecule has 0 radical (unpaired) electrons. The molecule has 0 saturated carbocycles. The molecule has 0 aromatic heterocycles. The highest BCUT2D eigenvalue weighted by Crippen LogP contribution is 2.04. The summed E-state index contributed by atoms with van der Waals surface area (Å²) in [6.07, 6.45) is -2.24. The van der Waals surface area contributed by atoms with Crippen LogP contribution >= 0.6 is 12.2 Å². The maximum absolute atomic E-state index is 12.0. The Bertz CT molecular complexity index is 193. The first-order chi connectivity index (χ1) is 6.58. The van der Waals surface area contributed by atoms with Crippen molar-refractivity contribution in [3.05, 3.63) is 0 Å². The lowest BCUT2D eigenvalue weighted by molar-refractivity contribution is 0.0601. The van der Waals surface area contributed by atoms with Gasteiger partial charge in [0.05, 0.1) is 11.5 Å². The van der Waals surface area contributed by atoms with Crippen molar-refractivity contribution < 1.29 is 8.78 Å². The van der Waals surface area contributed by atoms with Crippen LogP contribution in [0.4, 0.5) is 8.78 Å². The quantitative estimate of drug-likeness (QED) is 0.688. The van der Waals surface area contributed by atoms with Gasteiger partial charge < -0.3 is 5.73 Å². The number of hydrogen-bond donors (Lipinski definition) is 1. The van der Waals surface area contributed by atoms with Crippen molar-refractivity contribution >= 4 is 17.2 Å². The normalized spacial score (nSPS) is 20.2. The van der Waals surface area contributed by atoms with Gasteiger partial charge in [-0.1, -0.05) is 12.2 Å². The van der Waals surface area contributed by atoms with Crippen LogP contribution in [0.3, 0.4) is 0 Å². The molecule has 0 atom stereocenters. The molecular formula is C8H15F2N3S.